The molecule has 0 heterocycles. The number of halogens is 5. The summed E-state index contributed by atoms with van der Waals surface area (Å²) in [5.41, 5.74) is 0.364. The molecule has 0 aliphatic heterocycles. The van der Waals surface area contributed by atoms with Crippen LogP contribution in [0.3, 0.4) is 0 Å². The van der Waals surface area contributed by atoms with Gasteiger partial charge in [0, 0.05) is 0 Å². The number of hydrogen-bond donors (Lipinski definition) is 0. The minimum atomic E-state index is -3.28. The lowest BCUT2D eigenvalue weighted by Gasteiger charge is -2.24. The molecule has 6 heteroatoms. The maximum Gasteiger partial charge on any atom is 0.387 e. The average Bonchev–Trinajstić information content (AvgIpc) is 2.34. The maximum absolute atomic E-state index is 13.5. The van der Waals surface area contributed by atoms with E-state index in [4.69, 9.17) is 0 Å². The summed E-state index contributed by atoms with van der Waals surface area (Å²) in [7, 11) is 0. The van der Waals surface area contributed by atoms with Crippen molar-refractivity contribution in [2.75, 3.05) is 0 Å². The zero-order chi connectivity index (χ0) is 14.0. The Balaban J connectivity index is 2.19. The van der Waals surface area contributed by atoms with E-state index in [2.05, 4.69) is 4.74 Å². The first-order valence-electron chi connectivity index (χ1n) is 6.05. The monoisotopic (exact) mass is 280 g/mol. The molecule has 1 fully saturated rings. The van der Waals surface area contributed by atoms with Gasteiger partial charge in [-0.05, 0) is 49.3 Å². The average molecular weight is 280 g/mol. The first kappa shape index (κ1) is 14.1. The number of alkyl halides is 3. The number of hydrogen-bond acceptors (Lipinski definition) is 1. The summed E-state index contributed by atoms with van der Waals surface area (Å²) in [6.45, 7) is -3.28. The lowest BCUT2D eigenvalue weighted by molar-refractivity contribution is -0.0546. The van der Waals surface area contributed by atoms with E-state index in [1.165, 1.54) is 0 Å². The molecule has 0 amide bonds. The van der Waals surface area contributed by atoms with Crippen LogP contribution in [0.2, 0.25) is 0 Å². The van der Waals surface area contributed by atoms with Crippen molar-refractivity contribution in [2.45, 2.75) is 44.4 Å². The van der Waals surface area contributed by atoms with E-state index in [0.717, 1.165) is 12.1 Å². The number of rotatable bonds is 3. The van der Waals surface area contributed by atoms with Crippen molar-refractivity contribution in [1.29, 1.82) is 0 Å². The Kier molecular flexibility index (Phi) is 4.27. The lowest BCUT2D eigenvalue weighted by Crippen LogP contribution is -2.14. The molecule has 1 aliphatic carbocycles. The molecule has 0 aromatic heterocycles. The normalized spacial score (nSPS) is 23.7. The Bertz CT molecular complexity index is 418. The van der Waals surface area contributed by atoms with Gasteiger partial charge in [0.2, 0.25) is 0 Å². The maximum atomic E-state index is 13.5. The molecule has 1 aromatic carbocycles. The van der Waals surface area contributed by atoms with Gasteiger partial charge in [-0.15, -0.1) is 0 Å². The van der Waals surface area contributed by atoms with Gasteiger partial charge in [-0.1, -0.05) is 0 Å². The quantitative estimate of drug-likeness (QED) is 0.737. The Labute approximate surface area is 107 Å². The minimum absolute atomic E-state index is 0.142. The van der Waals surface area contributed by atoms with Crippen LogP contribution in [-0.4, -0.2) is 12.8 Å². The van der Waals surface area contributed by atoms with Gasteiger partial charge in [0.1, 0.15) is 6.17 Å². The molecular weight excluding hydrogens is 267 g/mol. The van der Waals surface area contributed by atoms with E-state index >= 15 is 0 Å². The summed E-state index contributed by atoms with van der Waals surface area (Å²) in [6.07, 6.45) is 0.823. The second-order valence-electron chi connectivity index (χ2n) is 4.64. The molecule has 0 spiro atoms. The SMILES string of the molecule is Fc1cc(C2CCC(F)CC2)cc(F)c1OC(F)F. The fourth-order valence-corrected chi connectivity index (χ4v) is 2.40. The van der Waals surface area contributed by atoms with Crippen LogP contribution < -0.4 is 4.74 Å². The van der Waals surface area contributed by atoms with Crippen LogP contribution in [0.4, 0.5) is 22.0 Å². The highest BCUT2D eigenvalue weighted by atomic mass is 19.3. The summed E-state index contributed by atoms with van der Waals surface area (Å²) < 4.78 is 67.8. The molecule has 2 rings (SSSR count). The molecule has 0 atom stereocenters. The van der Waals surface area contributed by atoms with Crippen LogP contribution in [-0.2, 0) is 0 Å². The molecule has 0 unspecified atom stereocenters. The third-order valence-electron chi connectivity index (χ3n) is 3.36. The molecule has 0 bridgehead atoms. The van der Waals surface area contributed by atoms with Crippen LogP contribution in [0, 0.1) is 11.6 Å². The highest BCUT2D eigenvalue weighted by molar-refractivity contribution is 5.33. The molecule has 0 radical (unpaired) electrons. The first-order chi connectivity index (χ1) is 8.97. The third-order valence-corrected chi connectivity index (χ3v) is 3.36. The van der Waals surface area contributed by atoms with Crippen LogP contribution in [0.5, 0.6) is 5.75 Å². The highest BCUT2D eigenvalue weighted by Gasteiger charge is 2.25. The molecule has 1 aromatic rings. The van der Waals surface area contributed by atoms with Crippen molar-refractivity contribution in [3.8, 4) is 5.75 Å². The van der Waals surface area contributed by atoms with E-state index < -0.39 is 30.2 Å². The van der Waals surface area contributed by atoms with Crippen molar-refractivity contribution in [2.24, 2.45) is 0 Å². The molecule has 19 heavy (non-hydrogen) atoms. The van der Waals surface area contributed by atoms with Crippen LogP contribution in [0.15, 0.2) is 12.1 Å². The Morgan fingerprint density at radius 1 is 1.00 bits per heavy atom. The van der Waals surface area contributed by atoms with Crippen molar-refractivity contribution >= 4 is 0 Å². The van der Waals surface area contributed by atoms with Gasteiger partial charge in [-0.3, -0.25) is 0 Å². The minimum Gasteiger partial charge on any atom is -0.429 e. The molecule has 1 nitrogen and oxygen atoms in total. The van der Waals surface area contributed by atoms with Crippen molar-refractivity contribution in [1.82, 2.24) is 0 Å². The summed E-state index contributed by atoms with van der Waals surface area (Å²) in [5.74, 6) is -3.52. The Hall–Kier alpha value is -1.33. The van der Waals surface area contributed by atoms with E-state index in [1.807, 2.05) is 0 Å². The largest absolute Gasteiger partial charge is 0.429 e. The summed E-state index contributed by atoms with van der Waals surface area (Å²) in [4.78, 5) is 0. The Morgan fingerprint density at radius 3 is 2.00 bits per heavy atom. The van der Waals surface area contributed by atoms with Gasteiger partial charge >= 0.3 is 6.61 Å². The second kappa shape index (κ2) is 5.75. The van der Waals surface area contributed by atoms with Crippen LogP contribution >= 0.6 is 0 Å². The van der Waals surface area contributed by atoms with Crippen LogP contribution in [0.25, 0.3) is 0 Å². The van der Waals surface area contributed by atoms with E-state index in [-0.39, 0.29) is 5.92 Å². The summed E-state index contributed by atoms with van der Waals surface area (Å²) >= 11 is 0. The van der Waals surface area contributed by atoms with Gasteiger partial charge in [0.25, 0.3) is 0 Å². The smallest absolute Gasteiger partial charge is 0.387 e. The molecule has 1 saturated carbocycles. The predicted molar refractivity (Wildman–Crippen MR) is 59.1 cm³/mol. The fraction of sp³-hybridized carbons (Fsp3) is 0.538. The predicted octanol–water partition coefficient (Wildman–Crippen LogP) is 4.56. The lowest BCUT2D eigenvalue weighted by atomic mass is 9.83. The van der Waals surface area contributed by atoms with E-state index in [9.17, 15) is 22.0 Å². The summed E-state index contributed by atoms with van der Waals surface area (Å²) in [6, 6.07) is 1.98. The second-order valence-corrected chi connectivity index (χ2v) is 4.64. The van der Waals surface area contributed by atoms with Gasteiger partial charge in [-0.25, -0.2) is 13.2 Å². The number of benzene rings is 1. The van der Waals surface area contributed by atoms with Gasteiger partial charge in [0.05, 0.1) is 0 Å². The fourth-order valence-electron chi connectivity index (χ4n) is 2.40. The molecule has 0 saturated heterocycles. The first-order valence-corrected chi connectivity index (χ1v) is 6.05. The third kappa shape index (κ3) is 3.36. The topological polar surface area (TPSA) is 9.23 Å². The summed E-state index contributed by atoms with van der Waals surface area (Å²) in [5, 5.41) is 0. The molecular formula is C13H13F5O. The molecule has 1 aliphatic rings. The molecule has 106 valence electrons. The van der Waals surface area contributed by atoms with Crippen molar-refractivity contribution in [3.63, 3.8) is 0 Å². The van der Waals surface area contributed by atoms with Gasteiger partial charge < -0.3 is 4.74 Å². The van der Waals surface area contributed by atoms with E-state index in [1.54, 1.807) is 0 Å². The zero-order valence-electron chi connectivity index (χ0n) is 10.0. The standard InChI is InChI=1S/C13H13F5O/c14-9-3-1-7(2-4-9)8-5-10(15)12(11(16)6-8)19-13(17)18/h5-7,9,13H,1-4H2. The van der Waals surface area contributed by atoms with Gasteiger partial charge in [0.15, 0.2) is 17.4 Å². The van der Waals surface area contributed by atoms with Crippen molar-refractivity contribution < 1.29 is 26.7 Å². The van der Waals surface area contributed by atoms with E-state index in [0.29, 0.717) is 31.2 Å². The highest BCUT2D eigenvalue weighted by Crippen LogP contribution is 2.36. The van der Waals surface area contributed by atoms with Gasteiger partial charge in [-0.2, -0.15) is 8.78 Å². The zero-order valence-corrected chi connectivity index (χ0v) is 10.0. The number of ether oxygens (including phenoxy) is 1. The van der Waals surface area contributed by atoms with Crippen molar-refractivity contribution in [3.05, 3.63) is 29.3 Å². The molecule has 0 N–H and O–H groups in total. The van der Waals surface area contributed by atoms with Crippen LogP contribution in [0.1, 0.15) is 37.2 Å². The Morgan fingerprint density at radius 2 is 1.53 bits per heavy atom.